The third-order valence-corrected chi connectivity index (χ3v) is 14.2. The number of aliphatic imine (C=N–C) groups is 1. The number of benzene rings is 5. The van der Waals surface area contributed by atoms with Gasteiger partial charge in [-0.3, -0.25) is 14.6 Å². The summed E-state index contributed by atoms with van der Waals surface area (Å²) < 4.78 is 40.0. The van der Waals surface area contributed by atoms with Crippen LogP contribution in [0.2, 0.25) is 0 Å². The van der Waals surface area contributed by atoms with Crippen molar-refractivity contribution in [2.45, 2.75) is 29.9 Å². The van der Waals surface area contributed by atoms with Crippen LogP contribution in [0.4, 0.5) is 11.4 Å². The molecule has 2 N–H and O–H groups in total. The second-order valence-electron chi connectivity index (χ2n) is 14.3. The maximum Gasteiger partial charge on any atom is 0.268 e. The molecule has 0 radical (unpaired) electrons. The largest absolute Gasteiger partial charge is 0.507 e. The number of amides is 2. The van der Waals surface area contributed by atoms with Crippen molar-refractivity contribution in [3.8, 4) is 17.2 Å². The van der Waals surface area contributed by atoms with Gasteiger partial charge >= 0.3 is 0 Å². The average Bonchev–Trinajstić information content (AvgIpc) is 3.78. The number of alkyl halides is 1. The first-order valence-corrected chi connectivity index (χ1v) is 21.5. The van der Waals surface area contributed by atoms with Crippen LogP contribution in [-0.2, 0) is 16.6 Å². The minimum atomic E-state index is -3.57. The Bertz CT molecular complexity index is 2840. The number of phenolic OH excluding ortho intramolecular Hbond substituents is 1. The van der Waals surface area contributed by atoms with E-state index in [1.807, 2.05) is 54.6 Å². The number of nitrogens with zero attached hydrogens (tertiary/aromatic N) is 3. The molecular weight excluding hydrogens is 796 g/mol. The molecule has 0 spiro atoms. The summed E-state index contributed by atoms with van der Waals surface area (Å²) in [5.74, 6) is 0.582. The highest BCUT2D eigenvalue weighted by molar-refractivity contribution is 7.89. The third-order valence-electron chi connectivity index (χ3n) is 11.2. The zero-order chi connectivity index (χ0) is 40.3. The molecule has 0 saturated heterocycles. The van der Waals surface area contributed by atoms with Crippen molar-refractivity contribution in [1.82, 2.24) is 9.62 Å². The maximum absolute atomic E-state index is 14.7. The van der Waals surface area contributed by atoms with Gasteiger partial charge < -0.3 is 24.4 Å². The molecule has 2 amide bonds. The molecule has 11 nitrogen and oxygen atoms in total. The lowest BCUT2D eigenvalue weighted by Gasteiger charge is -2.32. The predicted octanol–water partition coefficient (Wildman–Crippen LogP) is 8.25. The number of phenols is 1. The van der Waals surface area contributed by atoms with E-state index in [-0.39, 0.29) is 41.0 Å². The molecule has 0 unspecified atom stereocenters. The minimum Gasteiger partial charge on any atom is -0.507 e. The standard InChI is InChI=1S/C44H37ClN4O7S2/c1-46-58(53,54)29-13-11-25(12-14-29)26-15-16-48-28(17-26)22-47-35-19-39(38(55-2)18-33(35)43(48)51)56-24-34-31-8-5-6-10-40(31)57-42(34)44(52)49-23-27(21-45)41-32-9-4-3-7-30(32)37(50)20-36(41)49/h3-15,18-20,22,27-28,46,50H,16-17,21,23-24H2,1-2H3/t27-,28+/m1/s1. The highest BCUT2D eigenvalue weighted by Crippen LogP contribution is 2.47. The van der Waals surface area contributed by atoms with E-state index in [1.165, 1.54) is 25.5 Å². The number of hydrogen-bond donors (Lipinski definition) is 2. The van der Waals surface area contributed by atoms with Crippen molar-refractivity contribution in [2.75, 3.05) is 38.0 Å². The van der Waals surface area contributed by atoms with E-state index < -0.39 is 10.0 Å². The fraction of sp³-hybridized carbons (Fsp3) is 0.205. The number of aromatic hydroxyl groups is 1. The Hall–Kier alpha value is -5.73. The van der Waals surface area contributed by atoms with Gasteiger partial charge in [0, 0.05) is 58.9 Å². The third kappa shape index (κ3) is 6.38. The van der Waals surface area contributed by atoms with Gasteiger partial charge in [0.1, 0.15) is 17.2 Å². The predicted molar refractivity (Wildman–Crippen MR) is 228 cm³/mol. The Labute approximate surface area is 343 Å². The molecule has 0 aliphatic carbocycles. The molecule has 14 heteroatoms. The SMILES string of the molecule is CNS(=O)(=O)c1ccc(C2=CCN3C(=O)c4cc(OC)c(OCc5c(C(=O)N6C[C@@H](CCl)c7c6cc(O)c6ccccc76)sc6ccccc56)cc4N=C[C@@H]3C2)cc1. The van der Waals surface area contributed by atoms with Gasteiger partial charge in [-0.25, -0.2) is 13.1 Å². The summed E-state index contributed by atoms with van der Waals surface area (Å²) >= 11 is 7.89. The van der Waals surface area contributed by atoms with Crippen LogP contribution in [0.25, 0.3) is 26.4 Å². The summed E-state index contributed by atoms with van der Waals surface area (Å²) in [7, 11) is -0.681. The van der Waals surface area contributed by atoms with Gasteiger partial charge in [-0.05, 0) is 65.2 Å². The summed E-state index contributed by atoms with van der Waals surface area (Å²) in [6.45, 7) is 0.732. The van der Waals surface area contributed by atoms with Crippen LogP contribution in [0.1, 0.15) is 49.1 Å². The second-order valence-corrected chi connectivity index (χ2v) is 17.6. The molecule has 3 aliphatic heterocycles. The molecule has 294 valence electrons. The van der Waals surface area contributed by atoms with Gasteiger partial charge in [0.05, 0.1) is 35.0 Å². The Balaban J connectivity index is 1.01. The Morgan fingerprint density at radius 1 is 1.00 bits per heavy atom. The lowest BCUT2D eigenvalue weighted by Crippen LogP contribution is -2.43. The number of rotatable bonds is 9. The van der Waals surface area contributed by atoms with E-state index in [0.29, 0.717) is 69.7 Å². The van der Waals surface area contributed by atoms with Gasteiger partial charge in [0.15, 0.2) is 11.5 Å². The highest BCUT2D eigenvalue weighted by Gasteiger charge is 2.37. The maximum atomic E-state index is 14.7. The van der Waals surface area contributed by atoms with Crippen LogP contribution >= 0.6 is 22.9 Å². The highest BCUT2D eigenvalue weighted by atomic mass is 35.5. The van der Waals surface area contributed by atoms with Crippen molar-refractivity contribution in [2.24, 2.45) is 4.99 Å². The number of halogens is 1. The smallest absolute Gasteiger partial charge is 0.268 e. The van der Waals surface area contributed by atoms with E-state index >= 15 is 0 Å². The van der Waals surface area contributed by atoms with Crippen LogP contribution in [-0.4, -0.2) is 75.6 Å². The topological polar surface area (TPSA) is 138 Å². The van der Waals surface area contributed by atoms with Crippen LogP contribution in [0, 0.1) is 0 Å². The second kappa shape index (κ2) is 14.9. The molecule has 0 saturated carbocycles. The fourth-order valence-electron chi connectivity index (χ4n) is 8.18. The Morgan fingerprint density at radius 3 is 2.48 bits per heavy atom. The first-order chi connectivity index (χ1) is 28.1. The molecule has 3 aliphatic rings. The molecule has 58 heavy (non-hydrogen) atoms. The molecule has 1 aromatic heterocycles. The number of carbonyl (C=O) groups excluding carboxylic acids is 2. The summed E-state index contributed by atoms with van der Waals surface area (Å²) in [4.78, 5) is 37.6. The van der Waals surface area contributed by atoms with Crippen LogP contribution in [0.5, 0.6) is 17.2 Å². The quantitative estimate of drug-likeness (QED) is 0.140. The Morgan fingerprint density at radius 2 is 1.74 bits per heavy atom. The lowest BCUT2D eigenvalue weighted by molar-refractivity contribution is 0.0747. The van der Waals surface area contributed by atoms with Crippen molar-refractivity contribution in [1.29, 1.82) is 0 Å². The number of methoxy groups -OCH3 is 1. The minimum absolute atomic E-state index is 0.0247. The van der Waals surface area contributed by atoms with E-state index in [2.05, 4.69) is 4.72 Å². The fourth-order valence-corrected chi connectivity index (χ4v) is 10.3. The first kappa shape index (κ1) is 37.8. The normalized spacial score (nSPS) is 17.5. The van der Waals surface area contributed by atoms with E-state index in [9.17, 15) is 23.1 Å². The zero-order valence-electron chi connectivity index (χ0n) is 31.4. The van der Waals surface area contributed by atoms with Crippen molar-refractivity contribution in [3.05, 3.63) is 124 Å². The average molecular weight is 833 g/mol. The molecule has 0 bridgehead atoms. The molecule has 6 aromatic rings. The zero-order valence-corrected chi connectivity index (χ0v) is 33.8. The number of fused-ring (bicyclic) bond motifs is 6. The van der Waals surface area contributed by atoms with Crippen molar-refractivity contribution >= 4 is 88.8 Å². The number of ether oxygens (including phenoxy) is 2. The number of carbonyl (C=O) groups is 2. The number of anilines is 1. The molecule has 4 heterocycles. The molecule has 9 rings (SSSR count). The monoisotopic (exact) mass is 832 g/mol. The number of sulfonamides is 1. The van der Waals surface area contributed by atoms with E-state index in [1.54, 1.807) is 58.5 Å². The van der Waals surface area contributed by atoms with Crippen LogP contribution in [0.3, 0.4) is 0 Å². The molecule has 5 aromatic carbocycles. The Kier molecular flexibility index (Phi) is 9.71. The van der Waals surface area contributed by atoms with Gasteiger partial charge in [0.2, 0.25) is 10.0 Å². The van der Waals surface area contributed by atoms with Gasteiger partial charge in [-0.15, -0.1) is 22.9 Å². The first-order valence-electron chi connectivity index (χ1n) is 18.7. The van der Waals surface area contributed by atoms with Crippen LogP contribution < -0.4 is 19.1 Å². The summed E-state index contributed by atoms with van der Waals surface area (Å²) in [6, 6.07) is 26.7. The van der Waals surface area contributed by atoms with E-state index in [0.717, 1.165) is 32.2 Å². The summed E-state index contributed by atoms with van der Waals surface area (Å²) in [6.07, 6.45) is 4.24. The number of thiophene rings is 1. The van der Waals surface area contributed by atoms with Gasteiger partial charge in [-0.2, -0.15) is 0 Å². The molecular formula is C44H37ClN4O7S2. The number of hydrogen-bond acceptors (Lipinski definition) is 9. The van der Waals surface area contributed by atoms with Crippen molar-refractivity contribution in [3.63, 3.8) is 0 Å². The molecule has 0 fully saturated rings. The van der Waals surface area contributed by atoms with Gasteiger partial charge in [0.25, 0.3) is 11.8 Å². The number of nitrogens with one attached hydrogen (secondary N) is 1. The summed E-state index contributed by atoms with van der Waals surface area (Å²) in [5.41, 5.74) is 4.94. The van der Waals surface area contributed by atoms with Gasteiger partial charge in [-0.1, -0.05) is 60.7 Å². The summed E-state index contributed by atoms with van der Waals surface area (Å²) in [5, 5.41) is 13.5. The molecule has 2 atom stereocenters. The van der Waals surface area contributed by atoms with E-state index in [4.69, 9.17) is 26.1 Å². The lowest BCUT2D eigenvalue weighted by atomic mass is 9.94. The van der Waals surface area contributed by atoms with Crippen LogP contribution in [0.15, 0.2) is 107 Å². The van der Waals surface area contributed by atoms with Crippen molar-refractivity contribution < 1.29 is 32.6 Å².